The summed E-state index contributed by atoms with van der Waals surface area (Å²) in [4.78, 5) is 0. The third-order valence-electron chi connectivity index (χ3n) is 2.37. The van der Waals surface area contributed by atoms with Gasteiger partial charge in [0.2, 0.25) is 0 Å². The van der Waals surface area contributed by atoms with Crippen molar-refractivity contribution in [2.24, 2.45) is 5.73 Å². The van der Waals surface area contributed by atoms with Gasteiger partial charge in [0.25, 0.3) is 0 Å². The van der Waals surface area contributed by atoms with Crippen LogP contribution in [-0.2, 0) is 0 Å². The normalized spacial score (nSPS) is 28.5. The van der Waals surface area contributed by atoms with E-state index in [0.717, 1.165) is 5.25 Å². The lowest BCUT2D eigenvalue weighted by Crippen LogP contribution is -2.22. The minimum atomic E-state index is 0.294. The second-order valence-electron chi connectivity index (χ2n) is 3.68. The van der Waals surface area contributed by atoms with E-state index in [1.807, 2.05) is 0 Å². The molecular weight excluding hydrogens is 142 g/mol. The van der Waals surface area contributed by atoms with Gasteiger partial charge in [0.1, 0.15) is 0 Å². The summed E-state index contributed by atoms with van der Waals surface area (Å²) >= 11 is 2.13. The van der Waals surface area contributed by atoms with Crippen LogP contribution in [0.15, 0.2) is 0 Å². The van der Waals surface area contributed by atoms with Crippen LogP contribution in [0.4, 0.5) is 0 Å². The van der Waals surface area contributed by atoms with Crippen molar-refractivity contribution in [3.8, 4) is 0 Å². The summed E-state index contributed by atoms with van der Waals surface area (Å²) < 4.78 is 0. The summed E-state index contributed by atoms with van der Waals surface area (Å²) in [5, 5.41) is 1.02. The highest BCUT2D eigenvalue weighted by molar-refractivity contribution is 8.00. The van der Waals surface area contributed by atoms with Gasteiger partial charge in [-0.15, -0.1) is 0 Å². The number of nitrogens with two attached hydrogens (primary N) is 1. The first kappa shape index (κ1) is 6.99. The van der Waals surface area contributed by atoms with E-state index in [0.29, 0.717) is 5.54 Å². The fourth-order valence-corrected chi connectivity index (χ4v) is 2.40. The van der Waals surface area contributed by atoms with Gasteiger partial charge in [0, 0.05) is 10.8 Å². The minimum Gasteiger partial charge on any atom is -0.325 e. The first-order valence-corrected chi connectivity index (χ1v) is 5.24. The predicted molar refractivity (Wildman–Crippen MR) is 46.2 cm³/mol. The lowest BCUT2D eigenvalue weighted by Gasteiger charge is -2.05. The Hall–Kier alpha value is 0.310. The van der Waals surface area contributed by atoms with Crippen molar-refractivity contribution in [3.05, 3.63) is 0 Å². The smallest absolute Gasteiger partial charge is 0.0163 e. The summed E-state index contributed by atoms with van der Waals surface area (Å²) in [7, 11) is 0. The summed E-state index contributed by atoms with van der Waals surface area (Å²) in [5.41, 5.74) is 6.23. The van der Waals surface area contributed by atoms with E-state index in [4.69, 9.17) is 5.73 Å². The van der Waals surface area contributed by atoms with Crippen LogP contribution in [0, 0.1) is 0 Å². The third-order valence-corrected chi connectivity index (χ3v) is 3.75. The van der Waals surface area contributed by atoms with Gasteiger partial charge in [0.15, 0.2) is 0 Å². The topological polar surface area (TPSA) is 26.0 Å². The maximum absolute atomic E-state index is 5.94. The second kappa shape index (κ2) is 2.42. The zero-order valence-corrected chi connectivity index (χ0v) is 7.12. The molecule has 0 aliphatic heterocycles. The molecule has 10 heavy (non-hydrogen) atoms. The highest BCUT2D eigenvalue weighted by atomic mass is 32.2. The van der Waals surface area contributed by atoms with Crippen molar-refractivity contribution in [2.75, 3.05) is 5.75 Å². The molecular formula is C8H15NS. The molecule has 2 aliphatic carbocycles. The number of rotatable bonds is 4. The molecule has 0 spiro atoms. The molecule has 0 unspecified atom stereocenters. The van der Waals surface area contributed by atoms with E-state index >= 15 is 0 Å². The molecule has 0 aromatic carbocycles. The molecule has 0 radical (unpaired) electrons. The molecule has 0 atom stereocenters. The van der Waals surface area contributed by atoms with Crippen molar-refractivity contribution >= 4 is 11.8 Å². The summed E-state index contributed by atoms with van der Waals surface area (Å²) in [5.74, 6) is 1.31. The fourth-order valence-electron chi connectivity index (χ4n) is 1.07. The van der Waals surface area contributed by atoms with Crippen LogP contribution in [0.1, 0.15) is 32.1 Å². The Morgan fingerprint density at radius 3 is 2.60 bits per heavy atom. The van der Waals surface area contributed by atoms with E-state index in [1.54, 1.807) is 0 Å². The Morgan fingerprint density at radius 2 is 2.10 bits per heavy atom. The number of hydrogen-bond acceptors (Lipinski definition) is 2. The quantitative estimate of drug-likeness (QED) is 0.673. The van der Waals surface area contributed by atoms with Gasteiger partial charge in [0.05, 0.1) is 0 Å². The third kappa shape index (κ3) is 1.89. The second-order valence-corrected chi connectivity index (χ2v) is 5.09. The molecule has 2 heteroatoms. The first-order valence-electron chi connectivity index (χ1n) is 4.19. The van der Waals surface area contributed by atoms with Crippen LogP contribution < -0.4 is 5.73 Å². The van der Waals surface area contributed by atoms with Crippen molar-refractivity contribution < 1.29 is 0 Å². The minimum absolute atomic E-state index is 0.294. The Kier molecular flexibility index (Phi) is 1.69. The molecule has 2 aliphatic rings. The van der Waals surface area contributed by atoms with Crippen molar-refractivity contribution in [1.82, 2.24) is 0 Å². The maximum Gasteiger partial charge on any atom is 0.0163 e. The summed E-state index contributed by atoms with van der Waals surface area (Å²) in [6, 6.07) is 0. The van der Waals surface area contributed by atoms with E-state index in [9.17, 15) is 0 Å². The maximum atomic E-state index is 5.94. The Morgan fingerprint density at radius 1 is 1.40 bits per heavy atom. The van der Waals surface area contributed by atoms with E-state index in [-0.39, 0.29) is 0 Å². The molecule has 2 fully saturated rings. The van der Waals surface area contributed by atoms with Crippen LogP contribution in [0.2, 0.25) is 0 Å². The average molecular weight is 157 g/mol. The van der Waals surface area contributed by atoms with Crippen molar-refractivity contribution in [3.63, 3.8) is 0 Å². The summed E-state index contributed by atoms with van der Waals surface area (Å²) in [6.07, 6.45) is 6.73. The monoisotopic (exact) mass is 157 g/mol. The highest BCUT2D eigenvalue weighted by Gasteiger charge is 2.37. The standard InChI is InChI=1S/C8H15NS/c9-8(3-4-8)5-6-10-7-1-2-7/h7H,1-6,9H2. The predicted octanol–water partition coefficient (Wildman–Crippen LogP) is 1.76. The van der Waals surface area contributed by atoms with Crippen LogP contribution >= 0.6 is 11.8 Å². The van der Waals surface area contributed by atoms with Gasteiger partial charge in [-0.05, 0) is 37.9 Å². The van der Waals surface area contributed by atoms with E-state index < -0.39 is 0 Å². The highest BCUT2D eigenvalue weighted by Crippen LogP contribution is 2.40. The van der Waals surface area contributed by atoms with Gasteiger partial charge < -0.3 is 5.73 Å². The largest absolute Gasteiger partial charge is 0.325 e. The Bertz CT molecular complexity index is 127. The number of hydrogen-bond donors (Lipinski definition) is 1. The summed E-state index contributed by atoms with van der Waals surface area (Å²) in [6.45, 7) is 0. The molecule has 2 saturated carbocycles. The van der Waals surface area contributed by atoms with Gasteiger partial charge in [-0.1, -0.05) is 0 Å². The zero-order valence-electron chi connectivity index (χ0n) is 6.31. The van der Waals surface area contributed by atoms with Crippen LogP contribution in [0.25, 0.3) is 0 Å². The first-order chi connectivity index (χ1) is 4.79. The lowest BCUT2D eigenvalue weighted by molar-refractivity contribution is 0.656. The lowest BCUT2D eigenvalue weighted by atomic mass is 10.2. The Balaban J connectivity index is 1.54. The molecule has 0 aromatic rings. The molecule has 0 aromatic heterocycles. The number of thioether (sulfide) groups is 1. The average Bonchev–Trinajstić information content (AvgIpc) is 2.70. The molecule has 2 N–H and O–H groups in total. The fraction of sp³-hybridized carbons (Fsp3) is 1.00. The molecule has 58 valence electrons. The van der Waals surface area contributed by atoms with Gasteiger partial charge in [-0.2, -0.15) is 11.8 Å². The van der Waals surface area contributed by atoms with E-state index in [1.165, 1.54) is 37.9 Å². The van der Waals surface area contributed by atoms with Crippen LogP contribution in [0.3, 0.4) is 0 Å². The zero-order chi connectivity index (χ0) is 7.03. The van der Waals surface area contributed by atoms with Gasteiger partial charge in [-0.25, -0.2) is 0 Å². The molecule has 1 nitrogen and oxygen atoms in total. The molecule has 2 rings (SSSR count). The van der Waals surface area contributed by atoms with Crippen LogP contribution in [-0.4, -0.2) is 16.5 Å². The van der Waals surface area contributed by atoms with Gasteiger partial charge >= 0.3 is 0 Å². The molecule has 0 amide bonds. The SMILES string of the molecule is NC1(CCSC2CC2)CC1. The van der Waals surface area contributed by atoms with Crippen molar-refractivity contribution in [2.45, 2.75) is 42.9 Å². The molecule has 0 saturated heterocycles. The van der Waals surface area contributed by atoms with Gasteiger partial charge in [-0.3, -0.25) is 0 Å². The van der Waals surface area contributed by atoms with E-state index in [2.05, 4.69) is 11.8 Å². The Labute approximate surface area is 66.7 Å². The van der Waals surface area contributed by atoms with Crippen LogP contribution in [0.5, 0.6) is 0 Å². The molecule has 0 heterocycles. The van der Waals surface area contributed by atoms with Crippen molar-refractivity contribution in [1.29, 1.82) is 0 Å². The molecule has 0 bridgehead atoms.